The van der Waals surface area contributed by atoms with Gasteiger partial charge in [-0.25, -0.2) is 5.84 Å². The second kappa shape index (κ2) is 6.05. The van der Waals surface area contributed by atoms with Crippen molar-refractivity contribution in [3.8, 4) is 0 Å². The molecule has 0 heterocycles. The molecule has 0 bridgehead atoms. The molecule has 15 heavy (non-hydrogen) atoms. The molecule has 5 heteroatoms. The predicted molar refractivity (Wildman–Crippen MR) is 60.1 cm³/mol. The average Bonchev–Trinajstić information content (AvgIpc) is 2.23. The Morgan fingerprint density at radius 2 is 2.13 bits per heavy atom. The van der Waals surface area contributed by atoms with E-state index in [1.807, 2.05) is 11.9 Å². The number of carbonyl (C=O) groups is 1. The first kappa shape index (κ1) is 14.3. The quantitative estimate of drug-likeness (QED) is 0.376. The van der Waals surface area contributed by atoms with E-state index in [4.69, 9.17) is 10.6 Å². The first-order chi connectivity index (χ1) is 6.90. The number of hydrazine groups is 1. The van der Waals surface area contributed by atoms with Crippen LogP contribution in [0.3, 0.4) is 0 Å². The molecule has 0 saturated carbocycles. The van der Waals surface area contributed by atoms with Gasteiger partial charge in [0.25, 0.3) is 5.91 Å². The molecule has 0 aromatic carbocycles. The van der Waals surface area contributed by atoms with E-state index in [9.17, 15) is 4.79 Å². The highest BCUT2D eigenvalue weighted by atomic mass is 16.5. The third kappa shape index (κ3) is 3.77. The normalized spacial score (nSPS) is 14.1. The molecule has 0 aromatic heterocycles. The van der Waals surface area contributed by atoms with Crippen molar-refractivity contribution < 1.29 is 9.53 Å². The summed E-state index contributed by atoms with van der Waals surface area (Å²) in [5.41, 5.74) is 2.11. The van der Waals surface area contributed by atoms with E-state index >= 15 is 0 Å². The van der Waals surface area contributed by atoms with Crippen LogP contribution in [0.4, 0.5) is 0 Å². The topological polar surface area (TPSA) is 67.6 Å². The Bertz CT molecular complexity index is 207. The zero-order valence-electron chi connectivity index (χ0n) is 10.3. The van der Waals surface area contributed by atoms with Crippen LogP contribution in [0, 0.1) is 0 Å². The van der Waals surface area contributed by atoms with Gasteiger partial charge in [-0.05, 0) is 27.3 Å². The van der Waals surface area contributed by atoms with Crippen LogP contribution in [0.25, 0.3) is 0 Å². The van der Waals surface area contributed by atoms with Crippen molar-refractivity contribution in [3.05, 3.63) is 0 Å². The number of carbonyl (C=O) groups excluding carboxylic acids is 1. The zero-order valence-corrected chi connectivity index (χ0v) is 10.3. The smallest absolute Gasteiger partial charge is 0.253 e. The summed E-state index contributed by atoms with van der Waals surface area (Å²) in [4.78, 5) is 13.5. The number of hydrogen-bond donors (Lipinski definition) is 2. The summed E-state index contributed by atoms with van der Waals surface area (Å²) in [6, 6.07) is -0.352. The molecule has 0 spiro atoms. The molecule has 0 aliphatic heterocycles. The minimum absolute atomic E-state index is 0.0598. The molecule has 0 aromatic rings. The first-order valence-electron chi connectivity index (χ1n) is 5.13. The van der Waals surface area contributed by atoms with E-state index in [0.29, 0.717) is 6.61 Å². The van der Waals surface area contributed by atoms with Gasteiger partial charge in [-0.1, -0.05) is 6.92 Å². The summed E-state index contributed by atoms with van der Waals surface area (Å²) in [5.74, 6) is 4.92. The first-order valence-corrected chi connectivity index (χ1v) is 5.13. The van der Waals surface area contributed by atoms with Gasteiger partial charge >= 0.3 is 0 Å². The van der Waals surface area contributed by atoms with Gasteiger partial charge in [0, 0.05) is 12.6 Å². The van der Waals surface area contributed by atoms with Gasteiger partial charge in [0.05, 0.1) is 6.61 Å². The van der Waals surface area contributed by atoms with Gasteiger partial charge < -0.3 is 4.74 Å². The molecule has 0 aliphatic carbocycles. The SMILES string of the molecule is CCC(C)(C)N(C)C(COC)C(=O)NN. The molecule has 5 nitrogen and oxygen atoms in total. The number of likely N-dealkylation sites (N-methyl/N-ethyl adjacent to an activating group) is 1. The van der Waals surface area contributed by atoms with Gasteiger partial charge in [-0.3, -0.25) is 15.1 Å². The maximum absolute atomic E-state index is 11.5. The fourth-order valence-electron chi connectivity index (χ4n) is 1.29. The fraction of sp³-hybridized carbons (Fsp3) is 0.900. The van der Waals surface area contributed by atoms with E-state index in [2.05, 4.69) is 26.2 Å². The highest BCUT2D eigenvalue weighted by Crippen LogP contribution is 2.19. The molecule has 1 amide bonds. The van der Waals surface area contributed by atoms with Crippen LogP contribution in [0.15, 0.2) is 0 Å². The van der Waals surface area contributed by atoms with Crippen molar-refractivity contribution in [1.82, 2.24) is 10.3 Å². The summed E-state index contributed by atoms with van der Waals surface area (Å²) in [6.45, 7) is 6.59. The summed E-state index contributed by atoms with van der Waals surface area (Å²) in [6.07, 6.45) is 0.946. The molecule has 0 rings (SSSR count). The van der Waals surface area contributed by atoms with Gasteiger partial charge in [-0.2, -0.15) is 0 Å². The van der Waals surface area contributed by atoms with E-state index < -0.39 is 0 Å². The second-order valence-electron chi connectivity index (χ2n) is 4.26. The van der Waals surface area contributed by atoms with Crippen LogP contribution in [-0.4, -0.2) is 43.2 Å². The van der Waals surface area contributed by atoms with Gasteiger partial charge in [0.2, 0.25) is 0 Å². The highest BCUT2D eigenvalue weighted by Gasteiger charge is 2.32. The molecule has 0 fully saturated rings. The third-order valence-corrected chi connectivity index (χ3v) is 3.06. The number of rotatable bonds is 6. The Morgan fingerprint density at radius 3 is 2.47 bits per heavy atom. The largest absolute Gasteiger partial charge is 0.383 e. The third-order valence-electron chi connectivity index (χ3n) is 3.06. The van der Waals surface area contributed by atoms with Crippen LogP contribution in [0.2, 0.25) is 0 Å². The standard InChI is InChI=1S/C10H23N3O2/c1-6-10(2,3)13(4)8(7-15-5)9(14)12-11/h8H,6-7,11H2,1-5H3,(H,12,14). The number of nitrogens with two attached hydrogens (primary N) is 1. The van der Waals surface area contributed by atoms with E-state index in [1.165, 1.54) is 0 Å². The van der Waals surface area contributed by atoms with Crippen LogP contribution in [-0.2, 0) is 9.53 Å². The van der Waals surface area contributed by atoms with Crippen molar-refractivity contribution in [2.45, 2.75) is 38.8 Å². The van der Waals surface area contributed by atoms with Gasteiger partial charge in [0.15, 0.2) is 0 Å². The minimum atomic E-state index is -0.352. The van der Waals surface area contributed by atoms with E-state index in [1.54, 1.807) is 7.11 Å². The van der Waals surface area contributed by atoms with Crippen molar-refractivity contribution in [1.29, 1.82) is 0 Å². The molecule has 1 unspecified atom stereocenters. The molecule has 0 saturated heterocycles. The summed E-state index contributed by atoms with van der Waals surface area (Å²) in [7, 11) is 3.48. The predicted octanol–water partition coefficient (Wildman–Crippen LogP) is 0.112. The van der Waals surface area contributed by atoms with E-state index in [-0.39, 0.29) is 17.5 Å². The summed E-state index contributed by atoms with van der Waals surface area (Å²) < 4.78 is 5.03. The van der Waals surface area contributed by atoms with Crippen LogP contribution in [0.1, 0.15) is 27.2 Å². The number of nitrogens with one attached hydrogen (secondary N) is 1. The monoisotopic (exact) mass is 217 g/mol. The maximum Gasteiger partial charge on any atom is 0.253 e. The lowest BCUT2D eigenvalue weighted by Gasteiger charge is -2.39. The van der Waals surface area contributed by atoms with E-state index in [0.717, 1.165) is 6.42 Å². The molecule has 3 N–H and O–H groups in total. The number of amides is 1. The van der Waals surface area contributed by atoms with Crippen molar-refractivity contribution in [2.75, 3.05) is 20.8 Å². The van der Waals surface area contributed by atoms with Crippen LogP contribution in [0.5, 0.6) is 0 Å². The lowest BCUT2D eigenvalue weighted by Crippen LogP contribution is -2.56. The molecule has 0 aliphatic rings. The summed E-state index contributed by atoms with van der Waals surface area (Å²) in [5, 5.41) is 0. The molecule has 1 atom stereocenters. The fourth-order valence-corrected chi connectivity index (χ4v) is 1.29. The Hall–Kier alpha value is -0.650. The highest BCUT2D eigenvalue weighted by molar-refractivity contribution is 5.81. The van der Waals surface area contributed by atoms with Crippen molar-refractivity contribution >= 4 is 5.91 Å². The Morgan fingerprint density at radius 1 is 1.60 bits per heavy atom. The summed E-state index contributed by atoms with van der Waals surface area (Å²) >= 11 is 0. The minimum Gasteiger partial charge on any atom is -0.383 e. The molecule has 0 radical (unpaired) electrons. The number of nitrogens with zero attached hydrogens (tertiary/aromatic N) is 1. The Kier molecular flexibility index (Phi) is 5.79. The zero-order chi connectivity index (χ0) is 12.1. The Balaban J connectivity index is 4.68. The lowest BCUT2D eigenvalue weighted by molar-refractivity contribution is -0.130. The second-order valence-corrected chi connectivity index (χ2v) is 4.26. The molecular weight excluding hydrogens is 194 g/mol. The van der Waals surface area contributed by atoms with Gasteiger partial charge in [-0.15, -0.1) is 0 Å². The van der Waals surface area contributed by atoms with Crippen molar-refractivity contribution in [2.24, 2.45) is 5.84 Å². The average molecular weight is 217 g/mol. The van der Waals surface area contributed by atoms with Gasteiger partial charge in [0.1, 0.15) is 6.04 Å². The molecule has 90 valence electrons. The number of hydrogen-bond acceptors (Lipinski definition) is 4. The van der Waals surface area contributed by atoms with Crippen LogP contribution < -0.4 is 11.3 Å². The maximum atomic E-state index is 11.5. The molecular formula is C10H23N3O2. The van der Waals surface area contributed by atoms with Crippen LogP contribution >= 0.6 is 0 Å². The van der Waals surface area contributed by atoms with Crippen molar-refractivity contribution in [3.63, 3.8) is 0 Å². The number of ether oxygens (including phenoxy) is 1. The lowest BCUT2D eigenvalue weighted by atomic mass is 9.97. The Labute approximate surface area is 91.9 Å². The number of methoxy groups -OCH3 is 1.